The van der Waals surface area contributed by atoms with Crippen LogP contribution in [0.2, 0.25) is 0 Å². The zero-order chi connectivity index (χ0) is 29.3. The number of fused-ring (bicyclic) bond motifs is 3. The first-order valence-electron chi connectivity index (χ1n) is 15.1. The van der Waals surface area contributed by atoms with E-state index in [2.05, 4.69) is 138 Å². The van der Waals surface area contributed by atoms with Gasteiger partial charge in [-0.15, -0.1) is 0 Å². The maximum atomic E-state index is 6.44. The fourth-order valence-corrected chi connectivity index (χ4v) is 6.20. The van der Waals surface area contributed by atoms with E-state index in [1.54, 1.807) is 0 Å². The molecule has 1 atom stereocenters. The molecule has 6 aromatic carbocycles. The van der Waals surface area contributed by atoms with Gasteiger partial charge in [0.15, 0.2) is 5.58 Å². The average Bonchev–Trinajstić information content (AvgIpc) is 3.56. The molecule has 44 heavy (non-hydrogen) atoms. The number of rotatable bonds is 6. The molecule has 0 radical (unpaired) electrons. The van der Waals surface area contributed by atoms with Crippen molar-refractivity contribution >= 4 is 33.2 Å². The molecule has 0 fully saturated rings. The van der Waals surface area contributed by atoms with Gasteiger partial charge in [-0.05, 0) is 71.0 Å². The summed E-state index contributed by atoms with van der Waals surface area (Å²) >= 11 is 0. The Morgan fingerprint density at radius 3 is 1.89 bits per heavy atom. The van der Waals surface area contributed by atoms with Crippen molar-refractivity contribution in [1.29, 1.82) is 0 Å². The minimum atomic E-state index is 0.227. The molecule has 0 aliphatic heterocycles. The molecule has 1 unspecified atom stereocenters. The van der Waals surface area contributed by atoms with Gasteiger partial charge in [0, 0.05) is 27.9 Å². The third kappa shape index (κ3) is 4.79. The van der Waals surface area contributed by atoms with E-state index in [0.717, 1.165) is 50.7 Å². The van der Waals surface area contributed by atoms with Crippen molar-refractivity contribution in [2.24, 2.45) is 0 Å². The van der Waals surface area contributed by atoms with Crippen molar-refractivity contribution in [3.05, 3.63) is 164 Å². The lowest BCUT2D eigenvalue weighted by Crippen LogP contribution is -2.29. The highest BCUT2D eigenvalue weighted by atomic mass is 16.3. The summed E-state index contributed by atoms with van der Waals surface area (Å²) in [4.78, 5) is 7.46. The van der Waals surface area contributed by atoms with Crippen LogP contribution in [-0.2, 0) is 0 Å². The van der Waals surface area contributed by atoms with Crippen molar-refractivity contribution in [2.75, 3.05) is 4.90 Å². The van der Waals surface area contributed by atoms with E-state index < -0.39 is 0 Å². The minimum absolute atomic E-state index is 0.227. The Balaban J connectivity index is 1.20. The first-order valence-corrected chi connectivity index (χ1v) is 15.1. The Hall–Kier alpha value is -5.67. The van der Waals surface area contributed by atoms with Gasteiger partial charge in [-0.25, -0.2) is 4.98 Å². The summed E-state index contributed by atoms with van der Waals surface area (Å²) in [5.41, 5.74) is 9.59. The molecule has 0 saturated carbocycles. The number of aromatic nitrogens is 1. The summed E-state index contributed by atoms with van der Waals surface area (Å²) in [6, 6.07) is 49.3. The Labute approximate surface area is 257 Å². The van der Waals surface area contributed by atoms with Crippen LogP contribution in [0.4, 0.5) is 11.4 Å². The van der Waals surface area contributed by atoms with Gasteiger partial charge in [-0.2, -0.15) is 0 Å². The Morgan fingerprint density at radius 2 is 1.20 bits per heavy atom. The Morgan fingerprint density at radius 1 is 0.591 bits per heavy atom. The second-order valence-corrected chi connectivity index (χ2v) is 11.2. The van der Waals surface area contributed by atoms with Crippen LogP contribution in [-0.4, -0.2) is 11.0 Å². The van der Waals surface area contributed by atoms with E-state index in [9.17, 15) is 0 Å². The van der Waals surface area contributed by atoms with E-state index in [1.165, 1.54) is 16.8 Å². The maximum absolute atomic E-state index is 6.44. The SMILES string of the molecule is C1=CCC(N(c2ccc(-c3ccccc3)cc2)c2ccc(-c3cc4ccccc4c4oc(-c5ccccc5)nc34)cc2)C=C1. The van der Waals surface area contributed by atoms with Gasteiger partial charge in [0.1, 0.15) is 5.52 Å². The van der Waals surface area contributed by atoms with Crippen LogP contribution < -0.4 is 4.90 Å². The van der Waals surface area contributed by atoms with Gasteiger partial charge in [0.2, 0.25) is 5.89 Å². The normalized spacial score (nSPS) is 14.3. The van der Waals surface area contributed by atoms with Gasteiger partial charge in [0.25, 0.3) is 0 Å². The second-order valence-electron chi connectivity index (χ2n) is 11.2. The fraction of sp³-hybridized carbons (Fsp3) is 0.0488. The van der Waals surface area contributed by atoms with Gasteiger partial charge in [-0.3, -0.25) is 0 Å². The first kappa shape index (κ1) is 26.0. The Kier molecular flexibility index (Phi) is 6.62. The number of benzene rings is 6. The van der Waals surface area contributed by atoms with E-state index in [-0.39, 0.29) is 6.04 Å². The smallest absolute Gasteiger partial charge is 0.227 e. The molecule has 1 heterocycles. The van der Waals surface area contributed by atoms with Gasteiger partial charge in [0.05, 0.1) is 6.04 Å². The minimum Gasteiger partial charge on any atom is -0.435 e. The fourth-order valence-electron chi connectivity index (χ4n) is 6.20. The lowest BCUT2D eigenvalue weighted by Gasteiger charge is -2.33. The zero-order valence-electron chi connectivity index (χ0n) is 24.2. The highest BCUT2D eigenvalue weighted by Gasteiger charge is 2.21. The summed E-state index contributed by atoms with van der Waals surface area (Å²) in [6.45, 7) is 0. The molecule has 0 saturated heterocycles. The van der Waals surface area contributed by atoms with Crippen molar-refractivity contribution in [2.45, 2.75) is 12.5 Å². The van der Waals surface area contributed by atoms with Crippen LogP contribution in [0.5, 0.6) is 0 Å². The molecule has 0 spiro atoms. The molecule has 1 aromatic heterocycles. The first-order chi connectivity index (χ1) is 21.8. The lowest BCUT2D eigenvalue weighted by atomic mass is 9.98. The number of oxazole rings is 1. The standard InChI is InChI=1S/C41H30N2O/c1-4-12-29(13-5-1)30-20-24-35(25-21-30)43(34-17-8-3-9-18-34)36-26-22-31(23-27-36)38-28-33-16-10-11-19-37(33)40-39(38)42-41(44-40)32-14-6-2-7-15-32/h1-17,19-28,34H,18H2. The van der Waals surface area contributed by atoms with E-state index in [1.807, 2.05) is 30.3 Å². The van der Waals surface area contributed by atoms with Crippen LogP contribution in [0.25, 0.3) is 55.6 Å². The molecule has 0 N–H and O–H groups in total. The largest absolute Gasteiger partial charge is 0.435 e. The summed E-state index contributed by atoms with van der Waals surface area (Å²) < 4.78 is 6.44. The van der Waals surface area contributed by atoms with Crippen LogP contribution in [0.15, 0.2) is 168 Å². The molecule has 3 heteroatoms. The quantitative estimate of drug-likeness (QED) is 0.200. The summed E-state index contributed by atoms with van der Waals surface area (Å²) in [5.74, 6) is 0.636. The third-order valence-corrected chi connectivity index (χ3v) is 8.41. The predicted molar refractivity (Wildman–Crippen MR) is 183 cm³/mol. The van der Waals surface area contributed by atoms with Crippen molar-refractivity contribution in [3.63, 3.8) is 0 Å². The number of nitrogens with zero attached hydrogens (tertiary/aromatic N) is 2. The summed E-state index contributed by atoms with van der Waals surface area (Å²) in [7, 11) is 0. The predicted octanol–water partition coefficient (Wildman–Crippen LogP) is 11.0. The number of hydrogen-bond donors (Lipinski definition) is 0. The van der Waals surface area contributed by atoms with Gasteiger partial charge >= 0.3 is 0 Å². The van der Waals surface area contributed by atoms with Gasteiger partial charge < -0.3 is 9.32 Å². The van der Waals surface area contributed by atoms with Crippen LogP contribution >= 0.6 is 0 Å². The molecule has 3 nitrogen and oxygen atoms in total. The van der Waals surface area contributed by atoms with Crippen LogP contribution in [0.1, 0.15) is 6.42 Å². The topological polar surface area (TPSA) is 29.3 Å². The third-order valence-electron chi connectivity index (χ3n) is 8.41. The van der Waals surface area contributed by atoms with E-state index in [0.29, 0.717) is 5.89 Å². The Bertz CT molecular complexity index is 2120. The average molecular weight is 567 g/mol. The lowest BCUT2D eigenvalue weighted by molar-refractivity contribution is 0.623. The monoisotopic (exact) mass is 566 g/mol. The molecule has 8 rings (SSSR count). The van der Waals surface area contributed by atoms with Crippen LogP contribution in [0, 0.1) is 0 Å². The van der Waals surface area contributed by atoms with Crippen molar-refractivity contribution in [3.8, 4) is 33.7 Å². The van der Waals surface area contributed by atoms with Crippen molar-refractivity contribution < 1.29 is 4.42 Å². The van der Waals surface area contributed by atoms with E-state index >= 15 is 0 Å². The van der Waals surface area contributed by atoms with Crippen LogP contribution in [0.3, 0.4) is 0 Å². The van der Waals surface area contributed by atoms with E-state index in [4.69, 9.17) is 9.40 Å². The molecule has 1 aliphatic carbocycles. The number of allylic oxidation sites excluding steroid dienone is 2. The highest BCUT2D eigenvalue weighted by Crippen LogP contribution is 2.39. The maximum Gasteiger partial charge on any atom is 0.227 e. The molecule has 0 amide bonds. The highest BCUT2D eigenvalue weighted by molar-refractivity contribution is 6.10. The summed E-state index contributed by atoms with van der Waals surface area (Å²) in [5, 5.41) is 2.20. The molecular formula is C41H30N2O. The second kappa shape index (κ2) is 11.2. The number of hydrogen-bond acceptors (Lipinski definition) is 3. The number of anilines is 2. The zero-order valence-corrected chi connectivity index (χ0v) is 24.2. The van der Waals surface area contributed by atoms with Gasteiger partial charge in [-0.1, -0.05) is 121 Å². The molecule has 1 aliphatic rings. The molecule has 210 valence electrons. The summed E-state index contributed by atoms with van der Waals surface area (Å²) in [6.07, 6.45) is 9.75. The molecule has 7 aromatic rings. The molecular weight excluding hydrogens is 536 g/mol. The molecule has 0 bridgehead atoms. The van der Waals surface area contributed by atoms with Crippen molar-refractivity contribution in [1.82, 2.24) is 4.98 Å².